The highest BCUT2D eigenvalue weighted by atomic mass is 35.5. The molecule has 0 saturated carbocycles. The first-order chi connectivity index (χ1) is 17.4. The molecule has 1 spiro atoms. The number of aliphatic hydroxyl groups excluding tert-OH is 1. The number of aliphatic hydroxyl groups is 1. The minimum Gasteiger partial charge on any atom is -0.443 e. The van der Waals surface area contributed by atoms with Crippen molar-refractivity contribution in [2.45, 2.75) is 55.4 Å². The van der Waals surface area contributed by atoms with Gasteiger partial charge in [-0.2, -0.15) is 4.36 Å². The van der Waals surface area contributed by atoms with Crippen LogP contribution in [0.2, 0.25) is 5.02 Å². The van der Waals surface area contributed by atoms with Crippen LogP contribution in [0.3, 0.4) is 0 Å². The molecular formula is C24H32ClN5O5S2. The molecule has 2 saturated heterocycles. The maximum absolute atomic E-state index is 12.1. The number of nitrogens with zero attached hydrogens (tertiary/aromatic N) is 4. The van der Waals surface area contributed by atoms with Gasteiger partial charge in [-0.1, -0.05) is 29.4 Å². The Hall–Kier alpha value is -2.12. The maximum Gasteiger partial charge on any atom is 0.404 e. The lowest BCUT2D eigenvalue weighted by atomic mass is 9.74. The number of aryl methyl sites for hydroxylation is 1. The van der Waals surface area contributed by atoms with E-state index in [1.54, 1.807) is 24.6 Å². The Balaban J connectivity index is 1.55. The molecule has 10 nitrogen and oxygen atoms in total. The van der Waals surface area contributed by atoms with Crippen LogP contribution in [-0.2, 0) is 25.8 Å². The van der Waals surface area contributed by atoms with Crippen LogP contribution in [0.4, 0.5) is 16.3 Å². The van der Waals surface area contributed by atoms with Gasteiger partial charge >= 0.3 is 6.09 Å². The maximum atomic E-state index is 12.1. The lowest BCUT2D eigenvalue weighted by Crippen LogP contribution is -2.49. The third-order valence-corrected chi connectivity index (χ3v) is 8.95. The molecule has 3 N–H and O–H groups in total. The molecule has 4 rings (SSSR count). The zero-order valence-electron chi connectivity index (χ0n) is 21.3. The number of anilines is 1. The standard InChI is InChI=1S/C24H32ClN5O5S2/c1-14-22(36-18-7-5-6-16(19(18)25)29-37(3,4)33)28-17(12-31)21(27-14)30-10-8-24(9-11-30)13-34-15(2)20(24)35-23(26)32/h5-7,15,20,31H,8-13H2,1-4H3,(H2,26,32)/t15-,20+/m0/s1. The number of piperidine rings is 1. The Morgan fingerprint density at radius 2 is 2.08 bits per heavy atom. The molecule has 0 aliphatic carbocycles. The summed E-state index contributed by atoms with van der Waals surface area (Å²) >= 11 is 7.88. The SMILES string of the molecule is Cc1nc(N2CCC3(CC2)CO[C@@H](C)[C@H]3OC(N)=O)c(CO)nc1Sc1cccc(N=S(C)(C)=O)c1Cl. The van der Waals surface area contributed by atoms with Crippen LogP contribution < -0.4 is 10.6 Å². The number of halogens is 1. The summed E-state index contributed by atoms with van der Waals surface area (Å²) in [6.45, 7) is 5.27. The van der Waals surface area contributed by atoms with Crippen molar-refractivity contribution in [3.63, 3.8) is 0 Å². The molecular weight excluding hydrogens is 538 g/mol. The van der Waals surface area contributed by atoms with Crippen molar-refractivity contribution in [3.8, 4) is 0 Å². The van der Waals surface area contributed by atoms with Gasteiger partial charge in [0.1, 0.15) is 16.8 Å². The van der Waals surface area contributed by atoms with E-state index in [-0.39, 0.29) is 18.1 Å². The van der Waals surface area contributed by atoms with Crippen molar-refractivity contribution in [1.82, 2.24) is 9.97 Å². The number of primary amides is 1. The summed E-state index contributed by atoms with van der Waals surface area (Å²) in [4.78, 5) is 23.8. The third-order valence-electron chi connectivity index (χ3n) is 6.66. The summed E-state index contributed by atoms with van der Waals surface area (Å²) in [7, 11) is -2.37. The van der Waals surface area contributed by atoms with Gasteiger partial charge in [-0.25, -0.2) is 19.0 Å². The number of nitrogens with two attached hydrogens (primary N) is 1. The number of ether oxygens (including phenoxy) is 2. The number of carbonyl (C=O) groups is 1. The van der Waals surface area contributed by atoms with E-state index in [0.29, 0.717) is 57.5 Å². The fourth-order valence-corrected chi connectivity index (χ4v) is 6.73. The van der Waals surface area contributed by atoms with Crippen LogP contribution in [0.5, 0.6) is 0 Å². The van der Waals surface area contributed by atoms with Gasteiger partial charge < -0.3 is 25.2 Å². The van der Waals surface area contributed by atoms with Gasteiger partial charge in [0.25, 0.3) is 0 Å². The van der Waals surface area contributed by atoms with Crippen LogP contribution >= 0.6 is 23.4 Å². The second-order valence-corrected chi connectivity index (χ2v) is 13.7. The van der Waals surface area contributed by atoms with E-state index in [0.717, 1.165) is 12.8 Å². The van der Waals surface area contributed by atoms with Gasteiger partial charge in [-0.3, -0.25) is 0 Å². The van der Waals surface area contributed by atoms with Crippen molar-refractivity contribution in [3.05, 3.63) is 34.6 Å². The molecule has 2 atom stereocenters. The summed E-state index contributed by atoms with van der Waals surface area (Å²) in [5.74, 6) is 0.630. The van der Waals surface area contributed by atoms with Crippen LogP contribution in [0, 0.1) is 12.3 Å². The van der Waals surface area contributed by atoms with Crippen molar-refractivity contribution in [2.75, 3.05) is 37.1 Å². The molecule has 2 fully saturated rings. The van der Waals surface area contributed by atoms with Crippen molar-refractivity contribution in [2.24, 2.45) is 15.5 Å². The molecule has 202 valence electrons. The van der Waals surface area contributed by atoms with E-state index >= 15 is 0 Å². The van der Waals surface area contributed by atoms with Crippen LogP contribution in [0.15, 0.2) is 32.5 Å². The molecule has 2 aliphatic rings. The molecule has 2 aromatic rings. The minimum atomic E-state index is -2.37. The third kappa shape index (κ3) is 6.14. The normalized spacial score (nSPS) is 21.3. The molecule has 37 heavy (non-hydrogen) atoms. The fraction of sp³-hybridized carbons (Fsp3) is 0.542. The zero-order valence-corrected chi connectivity index (χ0v) is 23.7. The van der Waals surface area contributed by atoms with Crippen LogP contribution in [0.25, 0.3) is 0 Å². The number of rotatable bonds is 6. The summed E-state index contributed by atoms with van der Waals surface area (Å²) < 4.78 is 27.6. The second-order valence-electron chi connectivity index (χ2n) is 9.73. The molecule has 3 heterocycles. The average molecular weight is 570 g/mol. The Morgan fingerprint density at radius 3 is 2.70 bits per heavy atom. The zero-order chi connectivity index (χ0) is 27.0. The number of hydrogen-bond donors (Lipinski definition) is 2. The lowest BCUT2D eigenvalue weighted by molar-refractivity contribution is 0.00810. The number of hydrogen-bond acceptors (Lipinski definition) is 10. The molecule has 1 aromatic carbocycles. The predicted octanol–water partition coefficient (Wildman–Crippen LogP) is 3.91. The van der Waals surface area contributed by atoms with Crippen LogP contribution in [-0.4, -0.2) is 69.8 Å². The largest absolute Gasteiger partial charge is 0.443 e. The van der Waals surface area contributed by atoms with E-state index in [9.17, 15) is 14.1 Å². The first-order valence-electron chi connectivity index (χ1n) is 11.9. The number of benzene rings is 1. The van der Waals surface area contributed by atoms with E-state index in [1.807, 2.05) is 19.9 Å². The molecule has 0 bridgehead atoms. The van der Waals surface area contributed by atoms with Crippen molar-refractivity contribution in [1.29, 1.82) is 0 Å². The van der Waals surface area contributed by atoms with Crippen LogP contribution in [0.1, 0.15) is 31.2 Å². The molecule has 0 unspecified atom stereocenters. The Bertz CT molecular complexity index is 1300. The first-order valence-corrected chi connectivity index (χ1v) is 15.4. The van der Waals surface area contributed by atoms with Gasteiger partial charge in [-0.15, -0.1) is 0 Å². The summed E-state index contributed by atoms with van der Waals surface area (Å²) in [5, 5.41) is 11.1. The second kappa shape index (κ2) is 10.9. The molecule has 1 amide bonds. The molecule has 2 aliphatic heterocycles. The summed E-state index contributed by atoms with van der Waals surface area (Å²) in [5.41, 5.74) is 6.63. The van der Waals surface area contributed by atoms with Crippen molar-refractivity contribution < 1.29 is 23.6 Å². The van der Waals surface area contributed by atoms with Gasteiger partial charge in [0.05, 0.1) is 35.7 Å². The Morgan fingerprint density at radius 1 is 1.38 bits per heavy atom. The minimum absolute atomic E-state index is 0.218. The fourth-order valence-electron chi connectivity index (χ4n) is 4.87. The highest BCUT2D eigenvalue weighted by molar-refractivity contribution is 7.99. The first kappa shape index (κ1) is 27.9. The van der Waals surface area contributed by atoms with Crippen molar-refractivity contribution >= 4 is 50.7 Å². The Labute approximate surface area is 226 Å². The highest BCUT2D eigenvalue weighted by Gasteiger charge is 2.52. The Kier molecular flexibility index (Phi) is 8.25. The smallest absolute Gasteiger partial charge is 0.404 e. The number of amides is 1. The molecule has 13 heteroatoms. The summed E-state index contributed by atoms with van der Waals surface area (Å²) in [6.07, 6.45) is 3.15. The quantitative estimate of drug-likeness (QED) is 0.529. The lowest BCUT2D eigenvalue weighted by Gasteiger charge is -2.42. The van der Waals surface area contributed by atoms with Gasteiger partial charge in [0, 0.05) is 45.6 Å². The topological polar surface area (TPSA) is 140 Å². The van der Waals surface area contributed by atoms with Gasteiger partial charge in [-0.05, 0) is 38.8 Å². The van der Waals surface area contributed by atoms with Gasteiger partial charge in [0.2, 0.25) is 0 Å². The number of carbonyl (C=O) groups excluding carboxylic acids is 1. The van der Waals surface area contributed by atoms with E-state index in [4.69, 9.17) is 36.8 Å². The van der Waals surface area contributed by atoms with E-state index in [2.05, 4.69) is 9.26 Å². The van der Waals surface area contributed by atoms with Gasteiger partial charge in [0.15, 0.2) is 5.82 Å². The van der Waals surface area contributed by atoms with E-state index < -0.39 is 21.9 Å². The number of aromatic nitrogens is 2. The molecule has 0 radical (unpaired) electrons. The predicted molar refractivity (Wildman–Crippen MR) is 144 cm³/mol. The average Bonchev–Trinajstić information content (AvgIpc) is 3.11. The summed E-state index contributed by atoms with van der Waals surface area (Å²) in [6, 6.07) is 5.36. The highest BCUT2D eigenvalue weighted by Crippen LogP contribution is 2.45. The monoisotopic (exact) mass is 569 g/mol. The molecule has 1 aromatic heterocycles. The van der Waals surface area contributed by atoms with E-state index in [1.165, 1.54) is 11.8 Å².